The molecule has 2 aromatic carbocycles. The van der Waals surface area contributed by atoms with Crippen molar-refractivity contribution in [3.05, 3.63) is 56.4 Å². The SMILES string of the molecule is S=c1[nH]c2ccccc2s1.S=c1[nH]c2ccccc2s1.[Sn]. The van der Waals surface area contributed by atoms with E-state index in [0.29, 0.717) is 0 Å². The number of H-pyrrole nitrogens is 2. The molecule has 2 nitrogen and oxygen atoms in total. The Balaban J connectivity index is 0.000000147. The van der Waals surface area contributed by atoms with Crippen molar-refractivity contribution in [2.45, 2.75) is 0 Å². The first kappa shape index (κ1) is 16.8. The van der Waals surface area contributed by atoms with Crippen molar-refractivity contribution in [1.82, 2.24) is 9.97 Å². The van der Waals surface area contributed by atoms with Crippen LogP contribution >= 0.6 is 47.1 Å². The van der Waals surface area contributed by atoms with Crippen LogP contribution in [0.2, 0.25) is 0 Å². The molecule has 4 radical (unpaired) electrons. The van der Waals surface area contributed by atoms with E-state index in [1.807, 2.05) is 36.4 Å². The molecule has 0 aliphatic carbocycles. The molecule has 0 aliphatic heterocycles. The maximum Gasteiger partial charge on any atom is 0.159 e. The minimum atomic E-state index is 0. The Morgan fingerprint density at radius 3 is 1.43 bits per heavy atom. The molecule has 0 bridgehead atoms. The van der Waals surface area contributed by atoms with Crippen molar-refractivity contribution in [3.8, 4) is 0 Å². The maximum absolute atomic E-state index is 4.98. The standard InChI is InChI=1S/2C7H5NS2.Sn/c2*9-7-8-5-3-1-2-4-6(5)10-7;/h2*1-4H,(H,8,9);. The zero-order valence-electron chi connectivity index (χ0n) is 10.8. The van der Waals surface area contributed by atoms with Gasteiger partial charge in [-0.05, 0) is 48.7 Å². The van der Waals surface area contributed by atoms with Gasteiger partial charge in [-0.25, -0.2) is 0 Å². The van der Waals surface area contributed by atoms with Gasteiger partial charge in [-0.1, -0.05) is 24.3 Å². The van der Waals surface area contributed by atoms with Gasteiger partial charge < -0.3 is 9.97 Å². The molecule has 0 aliphatic rings. The largest absolute Gasteiger partial charge is 0.337 e. The normalized spacial score (nSPS) is 9.90. The first-order valence-electron chi connectivity index (χ1n) is 5.88. The Hall–Kier alpha value is -0.541. The van der Waals surface area contributed by atoms with E-state index in [2.05, 4.69) is 22.1 Å². The quantitative estimate of drug-likeness (QED) is 0.271. The molecular formula is C14H10N2S4Sn. The van der Waals surface area contributed by atoms with Crippen molar-refractivity contribution in [1.29, 1.82) is 0 Å². The molecule has 21 heavy (non-hydrogen) atoms. The van der Waals surface area contributed by atoms with E-state index in [9.17, 15) is 0 Å². The number of fused-ring (bicyclic) bond motifs is 2. The van der Waals surface area contributed by atoms with Crippen LogP contribution in [0.4, 0.5) is 0 Å². The van der Waals surface area contributed by atoms with Crippen molar-refractivity contribution < 1.29 is 0 Å². The van der Waals surface area contributed by atoms with E-state index in [0.717, 1.165) is 18.9 Å². The third-order valence-electron chi connectivity index (χ3n) is 2.65. The summed E-state index contributed by atoms with van der Waals surface area (Å²) in [7, 11) is 0. The predicted octanol–water partition coefficient (Wildman–Crippen LogP) is 5.54. The van der Waals surface area contributed by atoms with Crippen LogP contribution in [0.1, 0.15) is 0 Å². The maximum atomic E-state index is 4.98. The third kappa shape index (κ3) is 4.23. The van der Waals surface area contributed by atoms with Gasteiger partial charge in [0.1, 0.15) is 0 Å². The number of aromatic amines is 2. The molecule has 104 valence electrons. The molecule has 0 atom stereocenters. The second-order valence-corrected chi connectivity index (χ2v) is 7.46. The Morgan fingerprint density at radius 1 is 0.667 bits per heavy atom. The summed E-state index contributed by atoms with van der Waals surface area (Å²) in [6, 6.07) is 16.2. The number of hydrogen-bond donors (Lipinski definition) is 2. The van der Waals surface area contributed by atoms with Crippen molar-refractivity contribution in [2.24, 2.45) is 0 Å². The number of aromatic nitrogens is 2. The summed E-state index contributed by atoms with van der Waals surface area (Å²) >= 11 is 13.2. The summed E-state index contributed by atoms with van der Waals surface area (Å²) in [4.78, 5) is 6.18. The van der Waals surface area contributed by atoms with Gasteiger partial charge >= 0.3 is 0 Å². The number of thiazole rings is 2. The van der Waals surface area contributed by atoms with E-state index in [1.54, 1.807) is 22.7 Å². The summed E-state index contributed by atoms with van der Waals surface area (Å²) in [5.41, 5.74) is 2.27. The number of rotatable bonds is 0. The Morgan fingerprint density at radius 2 is 1.05 bits per heavy atom. The fourth-order valence-corrected chi connectivity index (χ4v) is 4.02. The van der Waals surface area contributed by atoms with Gasteiger partial charge in [0.15, 0.2) is 7.91 Å². The van der Waals surface area contributed by atoms with Crippen LogP contribution in [0, 0.1) is 7.91 Å². The first-order chi connectivity index (χ1) is 9.72. The summed E-state index contributed by atoms with van der Waals surface area (Å²) in [6.45, 7) is 0. The molecular weight excluding hydrogens is 443 g/mol. The van der Waals surface area contributed by atoms with Crippen LogP contribution in [-0.2, 0) is 0 Å². The van der Waals surface area contributed by atoms with Crippen LogP contribution in [0.25, 0.3) is 20.4 Å². The minimum absolute atomic E-state index is 0. The summed E-state index contributed by atoms with van der Waals surface area (Å²) < 4.78 is 4.16. The first-order valence-corrected chi connectivity index (χ1v) is 8.33. The van der Waals surface area contributed by atoms with Crippen molar-refractivity contribution >= 4 is 91.5 Å². The van der Waals surface area contributed by atoms with Crippen molar-refractivity contribution in [2.75, 3.05) is 0 Å². The van der Waals surface area contributed by atoms with Gasteiger partial charge in [-0.3, -0.25) is 0 Å². The van der Waals surface area contributed by atoms with E-state index in [-0.39, 0.29) is 23.9 Å². The van der Waals surface area contributed by atoms with Gasteiger partial charge in [0.05, 0.1) is 20.4 Å². The summed E-state index contributed by atoms with van der Waals surface area (Å²) in [6.07, 6.45) is 0. The fraction of sp³-hybridized carbons (Fsp3) is 0. The molecule has 4 aromatic rings. The summed E-state index contributed by atoms with van der Waals surface area (Å²) in [5, 5.41) is 0. The molecule has 4 rings (SSSR count). The molecule has 0 unspecified atom stereocenters. The molecule has 7 heteroatoms. The number of hydrogen-bond acceptors (Lipinski definition) is 4. The van der Waals surface area contributed by atoms with Crippen LogP contribution in [0.3, 0.4) is 0 Å². The zero-order chi connectivity index (χ0) is 13.9. The van der Waals surface area contributed by atoms with Crippen LogP contribution in [0.5, 0.6) is 0 Å². The molecule has 2 aromatic heterocycles. The third-order valence-corrected chi connectivity index (χ3v) is 5.08. The van der Waals surface area contributed by atoms with Crippen LogP contribution in [-0.4, -0.2) is 33.9 Å². The monoisotopic (exact) mass is 454 g/mol. The van der Waals surface area contributed by atoms with E-state index >= 15 is 0 Å². The molecule has 2 heterocycles. The van der Waals surface area contributed by atoms with Crippen LogP contribution in [0.15, 0.2) is 48.5 Å². The molecule has 0 amide bonds. The fourth-order valence-electron chi connectivity index (χ4n) is 1.79. The molecule has 0 saturated heterocycles. The Bertz CT molecular complexity index is 812. The van der Waals surface area contributed by atoms with E-state index in [1.165, 1.54) is 9.40 Å². The van der Waals surface area contributed by atoms with Gasteiger partial charge in [0, 0.05) is 23.9 Å². The molecule has 2 N–H and O–H groups in total. The zero-order valence-corrected chi connectivity index (χ0v) is 16.9. The second kappa shape index (κ2) is 7.64. The smallest absolute Gasteiger partial charge is 0.159 e. The Labute approximate surface area is 156 Å². The van der Waals surface area contributed by atoms with Crippen LogP contribution < -0.4 is 0 Å². The average molecular weight is 453 g/mol. The average Bonchev–Trinajstić information content (AvgIpc) is 2.99. The number of para-hydroxylation sites is 2. The number of nitrogens with one attached hydrogen (secondary N) is 2. The predicted molar refractivity (Wildman–Crippen MR) is 99.8 cm³/mol. The topological polar surface area (TPSA) is 31.6 Å². The minimum Gasteiger partial charge on any atom is -0.337 e. The summed E-state index contributed by atoms with van der Waals surface area (Å²) in [5.74, 6) is 0. The van der Waals surface area contributed by atoms with Gasteiger partial charge in [0.25, 0.3) is 0 Å². The Kier molecular flexibility index (Phi) is 6.12. The number of benzene rings is 2. The van der Waals surface area contributed by atoms with E-state index < -0.39 is 0 Å². The van der Waals surface area contributed by atoms with E-state index in [4.69, 9.17) is 24.4 Å². The second-order valence-electron chi connectivity index (χ2n) is 4.02. The van der Waals surface area contributed by atoms with Gasteiger partial charge in [-0.15, -0.1) is 22.7 Å². The molecule has 0 saturated carbocycles. The van der Waals surface area contributed by atoms with Gasteiger partial charge in [0.2, 0.25) is 0 Å². The van der Waals surface area contributed by atoms with Gasteiger partial charge in [-0.2, -0.15) is 0 Å². The van der Waals surface area contributed by atoms with Crippen molar-refractivity contribution in [3.63, 3.8) is 0 Å². The molecule has 0 fully saturated rings. The molecule has 0 spiro atoms.